The predicted octanol–water partition coefficient (Wildman–Crippen LogP) is 3.47. The summed E-state index contributed by atoms with van der Waals surface area (Å²) in [6.45, 7) is 2.31. The molecule has 1 aliphatic carbocycles. The van der Waals surface area contributed by atoms with Crippen molar-refractivity contribution in [2.24, 2.45) is 5.92 Å². The summed E-state index contributed by atoms with van der Waals surface area (Å²) in [5.41, 5.74) is 1.40. The Balaban J connectivity index is 2.29. The molecule has 0 spiro atoms. The highest BCUT2D eigenvalue weighted by molar-refractivity contribution is 7.19. The predicted molar refractivity (Wildman–Crippen MR) is 63.6 cm³/mol. The van der Waals surface area contributed by atoms with Gasteiger partial charge in [-0.2, -0.15) is 0 Å². The van der Waals surface area contributed by atoms with Crippen molar-refractivity contribution < 1.29 is 0 Å². The van der Waals surface area contributed by atoms with Crippen molar-refractivity contribution in [1.82, 2.24) is 9.97 Å². The van der Waals surface area contributed by atoms with Gasteiger partial charge in [0.2, 0.25) is 0 Å². The van der Waals surface area contributed by atoms with Crippen LogP contribution in [0, 0.1) is 5.92 Å². The van der Waals surface area contributed by atoms with E-state index in [1.165, 1.54) is 23.3 Å². The highest BCUT2D eigenvalue weighted by atomic mass is 35.5. The molecule has 0 bridgehead atoms. The molecule has 4 heteroatoms. The standard InChI is InChI=1S/C11H11ClN2S/c1-6-2-3-7-8(4-6)15-11-9(7)10(12)13-5-14-11/h5-6H,2-4H2,1H3. The minimum atomic E-state index is 0.618. The fraction of sp³-hybridized carbons (Fsp3) is 0.455. The zero-order valence-electron chi connectivity index (χ0n) is 8.46. The van der Waals surface area contributed by atoms with E-state index >= 15 is 0 Å². The third kappa shape index (κ3) is 1.45. The van der Waals surface area contributed by atoms with Gasteiger partial charge in [-0.15, -0.1) is 11.3 Å². The normalized spacial score (nSPS) is 20.5. The fourth-order valence-electron chi connectivity index (χ4n) is 2.24. The molecule has 2 aromatic heterocycles. The van der Waals surface area contributed by atoms with E-state index in [9.17, 15) is 0 Å². The molecular weight excluding hydrogens is 228 g/mol. The SMILES string of the molecule is CC1CCc2c(sc3ncnc(Cl)c23)C1. The molecule has 2 aromatic rings. The number of nitrogens with zero attached hydrogens (tertiary/aromatic N) is 2. The van der Waals surface area contributed by atoms with Crippen LogP contribution >= 0.6 is 22.9 Å². The van der Waals surface area contributed by atoms with Gasteiger partial charge in [-0.3, -0.25) is 0 Å². The Morgan fingerprint density at radius 2 is 2.33 bits per heavy atom. The largest absolute Gasteiger partial charge is 0.225 e. The number of aromatic nitrogens is 2. The third-order valence-corrected chi connectivity index (χ3v) is 4.49. The van der Waals surface area contributed by atoms with Crippen molar-refractivity contribution in [2.75, 3.05) is 0 Å². The Morgan fingerprint density at radius 1 is 1.47 bits per heavy atom. The molecule has 0 fully saturated rings. The molecule has 0 aliphatic heterocycles. The molecule has 1 aliphatic rings. The first-order valence-corrected chi connectivity index (χ1v) is 6.36. The number of halogens is 1. The average Bonchev–Trinajstić information content (AvgIpc) is 2.56. The Labute approximate surface area is 97.3 Å². The number of aryl methyl sites for hydroxylation is 1. The number of rotatable bonds is 0. The zero-order chi connectivity index (χ0) is 10.4. The van der Waals surface area contributed by atoms with Crippen LogP contribution in [-0.4, -0.2) is 9.97 Å². The zero-order valence-corrected chi connectivity index (χ0v) is 10.0. The van der Waals surface area contributed by atoms with Crippen LogP contribution in [0.2, 0.25) is 5.15 Å². The number of hydrogen-bond donors (Lipinski definition) is 0. The number of fused-ring (bicyclic) bond motifs is 3. The topological polar surface area (TPSA) is 25.8 Å². The maximum Gasteiger partial charge on any atom is 0.141 e. The first kappa shape index (κ1) is 9.55. The van der Waals surface area contributed by atoms with Crippen LogP contribution in [0.15, 0.2) is 6.33 Å². The Kier molecular flexibility index (Phi) is 2.18. The van der Waals surface area contributed by atoms with Crippen molar-refractivity contribution in [3.05, 3.63) is 21.9 Å². The van der Waals surface area contributed by atoms with Gasteiger partial charge in [-0.25, -0.2) is 9.97 Å². The van der Waals surface area contributed by atoms with E-state index in [4.69, 9.17) is 11.6 Å². The van der Waals surface area contributed by atoms with Crippen LogP contribution in [0.3, 0.4) is 0 Å². The van der Waals surface area contributed by atoms with Gasteiger partial charge in [0.15, 0.2) is 0 Å². The molecule has 2 nitrogen and oxygen atoms in total. The molecule has 0 N–H and O–H groups in total. The third-order valence-electron chi connectivity index (χ3n) is 3.05. The van der Waals surface area contributed by atoms with Crippen molar-refractivity contribution >= 4 is 33.2 Å². The lowest BCUT2D eigenvalue weighted by atomic mass is 9.89. The summed E-state index contributed by atoms with van der Waals surface area (Å²) in [6, 6.07) is 0. The van der Waals surface area contributed by atoms with E-state index < -0.39 is 0 Å². The Morgan fingerprint density at radius 3 is 3.20 bits per heavy atom. The fourth-order valence-corrected chi connectivity index (χ4v) is 3.89. The Hall–Kier alpha value is -0.670. The van der Waals surface area contributed by atoms with Gasteiger partial charge < -0.3 is 0 Å². The molecule has 0 amide bonds. The molecule has 1 unspecified atom stereocenters. The summed E-state index contributed by atoms with van der Waals surface area (Å²) in [5, 5.41) is 1.72. The molecule has 78 valence electrons. The van der Waals surface area contributed by atoms with E-state index in [-0.39, 0.29) is 0 Å². The van der Waals surface area contributed by atoms with E-state index in [0.29, 0.717) is 5.15 Å². The number of hydrogen-bond acceptors (Lipinski definition) is 3. The first-order valence-electron chi connectivity index (χ1n) is 5.16. The van der Waals surface area contributed by atoms with Gasteiger partial charge in [0, 0.05) is 4.88 Å². The summed E-state index contributed by atoms with van der Waals surface area (Å²) in [7, 11) is 0. The maximum absolute atomic E-state index is 6.13. The maximum atomic E-state index is 6.13. The molecule has 0 saturated heterocycles. The van der Waals surface area contributed by atoms with Gasteiger partial charge in [0.05, 0.1) is 5.39 Å². The van der Waals surface area contributed by atoms with E-state index in [0.717, 1.165) is 22.6 Å². The van der Waals surface area contributed by atoms with Crippen molar-refractivity contribution in [3.63, 3.8) is 0 Å². The Bertz CT molecular complexity index is 521. The lowest BCUT2D eigenvalue weighted by molar-refractivity contribution is 0.509. The first-order chi connectivity index (χ1) is 7.25. The van der Waals surface area contributed by atoms with Crippen molar-refractivity contribution in [1.29, 1.82) is 0 Å². The molecule has 0 saturated carbocycles. The summed E-state index contributed by atoms with van der Waals surface area (Å²) in [4.78, 5) is 10.9. The second kappa shape index (κ2) is 3.42. The average molecular weight is 239 g/mol. The van der Waals surface area contributed by atoms with Gasteiger partial charge in [0.25, 0.3) is 0 Å². The van der Waals surface area contributed by atoms with E-state index in [1.807, 2.05) is 0 Å². The van der Waals surface area contributed by atoms with E-state index in [2.05, 4.69) is 16.9 Å². The lowest BCUT2D eigenvalue weighted by Gasteiger charge is -2.17. The number of thiophene rings is 1. The molecule has 15 heavy (non-hydrogen) atoms. The monoisotopic (exact) mass is 238 g/mol. The highest BCUT2D eigenvalue weighted by Crippen LogP contribution is 2.39. The quantitative estimate of drug-likeness (QED) is 0.657. The van der Waals surface area contributed by atoms with Crippen LogP contribution in [0.5, 0.6) is 0 Å². The second-order valence-electron chi connectivity index (χ2n) is 4.20. The molecule has 1 atom stereocenters. The molecular formula is C11H11ClN2S. The second-order valence-corrected chi connectivity index (χ2v) is 5.64. The summed E-state index contributed by atoms with van der Waals surface area (Å²) in [6.07, 6.45) is 5.11. The lowest BCUT2D eigenvalue weighted by Crippen LogP contribution is -2.08. The summed E-state index contributed by atoms with van der Waals surface area (Å²) in [5.74, 6) is 0.789. The van der Waals surface area contributed by atoms with Gasteiger partial charge in [0.1, 0.15) is 16.3 Å². The minimum Gasteiger partial charge on any atom is -0.225 e. The van der Waals surface area contributed by atoms with Crippen LogP contribution in [0.1, 0.15) is 23.8 Å². The van der Waals surface area contributed by atoms with Gasteiger partial charge >= 0.3 is 0 Å². The van der Waals surface area contributed by atoms with Crippen LogP contribution in [-0.2, 0) is 12.8 Å². The van der Waals surface area contributed by atoms with Gasteiger partial charge in [-0.05, 0) is 30.7 Å². The highest BCUT2D eigenvalue weighted by Gasteiger charge is 2.22. The minimum absolute atomic E-state index is 0.618. The van der Waals surface area contributed by atoms with E-state index in [1.54, 1.807) is 17.7 Å². The molecule has 3 rings (SSSR count). The smallest absolute Gasteiger partial charge is 0.141 e. The van der Waals surface area contributed by atoms with Crippen LogP contribution in [0.4, 0.5) is 0 Å². The van der Waals surface area contributed by atoms with Crippen molar-refractivity contribution in [2.45, 2.75) is 26.2 Å². The van der Waals surface area contributed by atoms with Crippen molar-refractivity contribution in [3.8, 4) is 0 Å². The summed E-state index contributed by atoms with van der Waals surface area (Å²) >= 11 is 7.91. The van der Waals surface area contributed by atoms with Crippen LogP contribution < -0.4 is 0 Å². The van der Waals surface area contributed by atoms with Crippen LogP contribution in [0.25, 0.3) is 10.2 Å². The molecule has 2 heterocycles. The summed E-state index contributed by atoms with van der Waals surface area (Å²) < 4.78 is 0. The molecule has 0 radical (unpaired) electrons. The van der Waals surface area contributed by atoms with Gasteiger partial charge in [-0.1, -0.05) is 18.5 Å². The molecule has 0 aromatic carbocycles.